The second-order valence-electron chi connectivity index (χ2n) is 2.34. The van der Waals surface area contributed by atoms with Crippen molar-refractivity contribution in [2.45, 2.75) is 20.0 Å². The van der Waals surface area contributed by atoms with Crippen molar-refractivity contribution in [1.29, 1.82) is 0 Å². The van der Waals surface area contributed by atoms with E-state index in [4.69, 9.17) is 16.7 Å². The highest BCUT2D eigenvalue weighted by Gasteiger charge is 2.07. The molecule has 0 aliphatic rings. The van der Waals surface area contributed by atoms with Gasteiger partial charge in [-0.15, -0.1) is 0 Å². The summed E-state index contributed by atoms with van der Waals surface area (Å²) in [4.78, 5) is 7.87. The van der Waals surface area contributed by atoms with Gasteiger partial charge < -0.3 is 5.11 Å². The number of halogens is 1. The summed E-state index contributed by atoms with van der Waals surface area (Å²) in [7, 11) is 0. The summed E-state index contributed by atoms with van der Waals surface area (Å²) in [5.41, 5.74) is 1.25. The van der Waals surface area contributed by atoms with Crippen LogP contribution in [0.15, 0.2) is 6.20 Å². The van der Waals surface area contributed by atoms with Crippen LogP contribution in [0.1, 0.15) is 24.4 Å². The Balaban J connectivity index is 3.13. The van der Waals surface area contributed by atoms with Crippen molar-refractivity contribution in [2.75, 3.05) is 0 Å². The molecule has 11 heavy (non-hydrogen) atoms. The maximum absolute atomic E-state index is 9.17. The third kappa shape index (κ3) is 1.88. The lowest BCUT2D eigenvalue weighted by Gasteiger charge is -2.05. The molecule has 0 spiro atoms. The van der Waals surface area contributed by atoms with Gasteiger partial charge >= 0.3 is 0 Å². The summed E-state index contributed by atoms with van der Waals surface area (Å²) >= 11 is 5.58. The largest absolute Gasteiger partial charge is 0.387 e. The number of rotatable bonds is 1. The average molecular weight is 173 g/mol. The van der Waals surface area contributed by atoms with Gasteiger partial charge in [0.15, 0.2) is 0 Å². The number of aromatic nitrogens is 2. The van der Waals surface area contributed by atoms with Crippen molar-refractivity contribution in [3.63, 3.8) is 0 Å². The molecule has 1 N–H and O–H groups in total. The van der Waals surface area contributed by atoms with Crippen LogP contribution in [0.4, 0.5) is 0 Å². The Morgan fingerprint density at radius 2 is 2.27 bits per heavy atom. The maximum Gasteiger partial charge on any atom is 0.147 e. The first-order valence-electron chi connectivity index (χ1n) is 3.28. The maximum atomic E-state index is 9.17. The quantitative estimate of drug-likeness (QED) is 0.698. The fraction of sp³-hybridized carbons (Fsp3) is 0.429. The van der Waals surface area contributed by atoms with Gasteiger partial charge in [-0.25, -0.2) is 4.98 Å². The minimum atomic E-state index is -0.610. The Labute approximate surface area is 70.1 Å². The Morgan fingerprint density at radius 1 is 1.64 bits per heavy atom. The zero-order valence-corrected chi connectivity index (χ0v) is 7.13. The number of nitrogens with zero attached hydrogens (tertiary/aromatic N) is 2. The second-order valence-corrected chi connectivity index (χ2v) is 2.73. The van der Waals surface area contributed by atoms with Gasteiger partial charge in [-0.2, -0.15) is 0 Å². The first-order valence-corrected chi connectivity index (χ1v) is 3.66. The molecular weight excluding hydrogens is 164 g/mol. The van der Waals surface area contributed by atoms with Crippen molar-refractivity contribution in [3.8, 4) is 0 Å². The summed E-state index contributed by atoms with van der Waals surface area (Å²) in [6.07, 6.45) is 0.851. The fourth-order valence-electron chi connectivity index (χ4n) is 0.837. The molecule has 1 unspecified atom stereocenters. The van der Waals surface area contributed by atoms with Crippen LogP contribution >= 0.6 is 11.6 Å². The van der Waals surface area contributed by atoms with Crippen molar-refractivity contribution in [3.05, 3.63) is 22.7 Å². The number of aryl methyl sites for hydroxylation is 1. The van der Waals surface area contributed by atoms with Crippen molar-refractivity contribution in [1.82, 2.24) is 9.97 Å². The molecule has 0 aliphatic heterocycles. The molecule has 1 atom stereocenters. The lowest BCUT2D eigenvalue weighted by atomic mass is 10.2. The van der Waals surface area contributed by atoms with Crippen LogP contribution < -0.4 is 0 Å². The summed E-state index contributed by atoms with van der Waals surface area (Å²) in [5, 5.41) is 9.48. The Bertz CT molecular complexity index is 263. The van der Waals surface area contributed by atoms with E-state index in [0.29, 0.717) is 16.5 Å². The SMILES string of the molecule is Cc1ncc(Cl)nc1C(C)O. The normalized spacial score (nSPS) is 13.1. The van der Waals surface area contributed by atoms with E-state index in [2.05, 4.69) is 9.97 Å². The summed E-state index contributed by atoms with van der Waals surface area (Å²) in [5.74, 6) is 0. The Kier molecular flexibility index (Phi) is 2.42. The molecule has 1 heterocycles. The van der Waals surface area contributed by atoms with Crippen molar-refractivity contribution < 1.29 is 5.11 Å². The number of hydrogen-bond donors (Lipinski definition) is 1. The fourth-order valence-corrected chi connectivity index (χ4v) is 0.977. The molecule has 0 aromatic carbocycles. The molecule has 0 amide bonds. The predicted octanol–water partition coefficient (Wildman–Crippen LogP) is 1.49. The van der Waals surface area contributed by atoms with Crippen molar-refractivity contribution >= 4 is 11.6 Å². The monoisotopic (exact) mass is 172 g/mol. The molecule has 1 aromatic heterocycles. The molecule has 0 bridgehead atoms. The molecule has 0 radical (unpaired) electrons. The molecule has 0 saturated carbocycles. The van der Waals surface area contributed by atoms with E-state index in [1.807, 2.05) is 0 Å². The Morgan fingerprint density at radius 3 is 2.73 bits per heavy atom. The zero-order chi connectivity index (χ0) is 8.43. The minimum absolute atomic E-state index is 0.312. The standard InChI is InChI=1S/C7H9ClN2O/c1-4-7(5(2)11)10-6(8)3-9-4/h3,5,11H,1-2H3. The molecule has 1 rings (SSSR count). The van der Waals surface area contributed by atoms with E-state index in [1.165, 1.54) is 6.20 Å². The highest BCUT2D eigenvalue weighted by Crippen LogP contribution is 2.14. The van der Waals surface area contributed by atoms with E-state index in [-0.39, 0.29) is 0 Å². The topological polar surface area (TPSA) is 46.0 Å². The van der Waals surface area contributed by atoms with E-state index >= 15 is 0 Å². The zero-order valence-electron chi connectivity index (χ0n) is 6.37. The minimum Gasteiger partial charge on any atom is -0.387 e. The van der Waals surface area contributed by atoms with Crippen LogP contribution in [0.5, 0.6) is 0 Å². The highest BCUT2D eigenvalue weighted by atomic mass is 35.5. The molecule has 0 aliphatic carbocycles. The third-order valence-corrected chi connectivity index (χ3v) is 1.54. The van der Waals surface area contributed by atoms with E-state index in [0.717, 1.165) is 0 Å². The van der Waals surface area contributed by atoms with Gasteiger partial charge in [-0.05, 0) is 13.8 Å². The van der Waals surface area contributed by atoms with Crippen LogP contribution in [0.25, 0.3) is 0 Å². The van der Waals surface area contributed by atoms with E-state index < -0.39 is 6.10 Å². The average Bonchev–Trinajstić information content (AvgIpc) is 1.94. The first-order chi connectivity index (χ1) is 5.11. The van der Waals surface area contributed by atoms with E-state index in [1.54, 1.807) is 13.8 Å². The van der Waals surface area contributed by atoms with Crippen LogP contribution in [-0.4, -0.2) is 15.1 Å². The van der Waals surface area contributed by atoms with Gasteiger partial charge in [-0.1, -0.05) is 11.6 Å². The predicted molar refractivity (Wildman–Crippen MR) is 42.4 cm³/mol. The van der Waals surface area contributed by atoms with Gasteiger partial charge in [0.1, 0.15) is 5.15 Å². The molecule has 0 saturated heterocycles. The van der Waals surface area contributed by atoms with Gasteiger partial charge in [0.05, 0.1) is 23.7 Å². The van der Waals surface area contributed by atoms with Gasteiger partial charge in [0.25, 0.3) is 0 Å². The highest BCUT2D eigenvalue weighted by molar-refractivity contribution is 6.29. The van der Waals surface area contributed by atoms with Crippen LogP contribution in [0, 0.1) is 6.92 Å². The lowest BCUT2D eigenvalue weighted by Crippen LogP contribution is -2.01. The first kappa shape index (κ1) is 8.43. The van der Waals surface area contributed by atoms with E-state index in [9.17, 15) is 0 Å². The number of aliphatic hydroxyl groups excluding tert-OH is 1. The van der Waals surface area contributed by atoms with Crippen LogP contribution in [0.2, 0.25) is 5.15 Å². The van der Waals surface area contributed by atoms with Crippen molar-refractivity contribution in [2.24, 2.45) is 0 Å². The van der Waals surface area contributed by atoms with Gasteiger partial charge in [0.2, 0.25) is 0 Å². The molecule has 4 heteroatoms. The summed E-state index contributed by atoms with van der Waals surface area (Å²) in [6, 6.07) is 0. The van der Waals surface area contributed by atoms with Gasteiger partial charge in [-0.3, -0.25) is 4.98 Å². The lowest BCUT2D eigenvalue weighted by molar-refractivity contribution is 0.193. The van der Waals surface area contributed by atoms with Crippen LogP contribution in [-0.2, 0) is 0 Å². The second kappa shape index (κ2) is 3.15. The molecule has 3 nitrogen and oxygen atoms in total. The Hall–Kier alpha value is -0.670. The van der Waals surface area contributed by atoms with Crippen LogP contribution in [0.3, 0.4) is 0 Å². The van der Waals surface area contributed by atoms with Gasteiger partial charge in [0, 0.05) is 0 Å². The number of hydrogen-bond acceptors (Lipinski definition) is 3. The number of aliphatic hydroxyl groups is 1. The smallest absolute Gasteiger partial charge is 0.147 e. The molecule has 0 fully saturated rings. The summed E-state index contributed by atoms with van der Waals surface area (Å²) in [6.45, 7) is 3.42. The third-order valence-electron chi connectivity index (χ3n) is 1.36. The molecule has 60 valence electrons. The molecule has 1 aromatic rings. The summed E-state index contributed by atoms with van der Waals surface area (Å²) < 4.78 is 0. The molecular formula is C7H9ClN2O.